The number of esters is 1. The van der Waals surface area contributed by atoms with E-state index in [0.29, 0.717) is 19.3 Å². The average Bonchev–Trinajstić information content (AvgIpc) is 3.30. The molecular weight excluding hydrogens is 622 g/mol. The third-order valence-corrected chi connectivity index (χ3v) is 15.4. The standard InChI is InChI=1S/C40H65NO8/c1-22(2)28(41-32(45)49-33(3,4)5)31(44)47-24-19-25-37(11)20-23(42)29(38(12)15-14-27(48-38)35(8,9)46)36(37,10)17-18-39(25)21-40(39)16-13-26(43)34(6,7)30(24)40/h22-25,27-30,42,46H,13-21H2,1-12H3,(H,41,45)/t23-,24-,25?,27-,28?,29-,30-,36+,37-,38+,39?,40?/m0/s1. The number of fused-ring (bicyclic) bond motifs is 2. The summed E-state index contributed by atoms with van der Waals surface area (Å²) in [7, 11) is 0. The molecular formula is C40H65NO8. The summed E-state index contributed by atoms with van der Waals surface area (Å²) in [5, 5.41) is 25.7. The number of hydrogen-bond acceptors (Lipinski definition) is 8. The van der Waals surface area contributed by atoms with E-state index in [4.69, 9.17) is 14.2 Å². The molecule has 5 aliphatic carbocycles. The van der Waals surface area contributed by atoms with Crippen molar-refractivity contribution in [1.29, 1.82) is 0 Å². The number of rotatable bonds is 6. The molecule has 12 atom stereocenters. The third-order valence-electron chi connectivity index (χ3n) is 15.4. The minimum Gasteiger partial charge on any atom is -0.460 e. The second-order valence-electron chi connectivity index (χ2n) is 20.4. The summed E-state index contributed by atoms with van der Waals surface area (Å²) in [5.41, 5.74) is -3.48. The van der Waals surface area contributed by atoms with Crippen LogP contribution in [0.2, 0.25) is 0 Å². The van der Waals surface area contributed by atoms with E-state index in [1.165, 1.54) is 0 Å². The average molecular weight is 688 g/mol. The first-order valence-electron chi connectivity index (χ1n) is 19.1. The van der Waals surface area contributed by atoms with Crippen LogP contribution in [-0.4, -0.2) is 69.2 Å². The smallest absolute Gasteiger partial charge is 0.408 e. The highest BCUT2D eigenvalue weighted by molar-refractivity contribution is 5.86. The molecule has 0 aromatic heterocycles. The van der Waals surface area contributed by atoms with E-state index in [-0.39, 0.29) is 57.2 Å². The Morgan fingerprint density at radius 1 is 0.939 bits per heavy atom. The number of nitrogens with one attached hydrogen (secondary N) is 1. The molecule has 9 nitrogen and oxygen atoms in total. The SMILES string of the molecule is CC(C)C(NC(=O)OC(C)(C)C)C(=O)O[C@H]1CC2C3(CC[C@]4(C)[C@@H]([C@@]5(C)CC[C@@H](C(C)(C)O)O5)[C@@H](O)C[C@@]24C)CC32CCC(=O)C(C)(C)[C@H]12. The second-order valence-corrected chi connectivity index (χ2v) is 20.4. The van der Waals surface area contributed by atoms with Gasteiger partial charge >= 0.3 is 12.1 Å². The Labute approximate surface area is 294 Å². The van der Waals surface area contributed by atoms with Crippen molar-refractivity contribution in [2.45, 2.75) is 182 Å². The summed E-state index contributed by atoms with van der Waals surface area (Å²) >= 11 is 0. The van der Waals surface area contributed by atoms with Crippen LogP contribution in [0.1, 0.15) is 141 Å². The molecule has 0 bridgehead atoms. The summed E-state index contributed by atoms with van der Waals surface area (Å²) < 4.78 is 18.9. The number of amides is 1. The van der Waals surface area contributed by atoms with E-state index in [2.05, 4.69) is 26.1 Å². The Kier molecular flexibility index (Phi) is 8.43. The predicted octanol–water partition coefficient (Wildman–Crippen LogP) is 6.75. The monoisotopic (exact) mass is 687 g/mol. The van der Waals surface area contributed by atoms with Gasteiger partial charge in [0.1, 0.15) is 23.5 Å². The highest BCUT2D eigenvalue weighted by Gasteiger charge is 2.85. The lowest BCUT2D eigenvalue weighted by Crippen LogP contribution is -2.62. The van der Waals surface area contributed by atoms with Crippen LogP contribution < -0.4 is 5.32 Å². The number of Topliss-reactive ketones (excluding diaryl/α,β-unsaturated/α-hetero) is 1. The molecule has 5 saturated carbocycles. The molecule has 6 rings (SSSR count). The van der Waals surface area contributed by atoms with Gasteiger partial charge in [-0.05, 0) is 126 Å². The van der Waals surface area contributed by atoms with Crippen LogP contribution in [0, 0.1) is 50.7 Å². The zero-order chi connectivity index (χ0) is 36.5. The maximum atomic E-state index is 14.1. The van der Waals surface area contributed by atoms with Crippen molar-refractivity contribution in [2.24, 2.45) is 50.7 Å². The molecule has 9 heteroatoms. The first-order chi connectivity index (χ1) is 22.3. The van der Waals surface area contributed by atoms with Crippen molar-refractivity contribution in [3.63, 3.8) is 0 Å². The van der Waals surface area contributed by atoms with Crippen LogP contribution in [0.25, 0.3) is 0 Å². The van der Waals surface area contributed by atoms with Gasteiger partial charge in [-0.2, -0.15) is 0 Å². The fourth-order valence-corrected chi connectivity index (χ4v) is 13.2. The van der Waals surface area contributed by atoms with Gasteiger partial charge in [0.2, 0.25) is 0 Å². The zero-order valence-corrected chi connectivity index (χ0v) is 32.3. The van der Waals surface area contributed by atoms with Gasteiger partial charge in [0.15, 0.2) is 0 Å². The van der Waals surface area contributed by atoms with Crippen LogP contribution >= 0.6 is 0 Å². The first kappa shape index (κ1) is 37.1. The van der Waals surface area contributed by atoms with Crippen LogP contribution in [0.15, 0.2) is 0 Å². The van der Waals surface area contributed by atoms with Gasteiger partial charge in [-0.1, -0.05) is 41.5 Å². The van der Waals surface area contributed by atoms with Crippen molar-refractivity contribution in [2.75, 3.05) is 0 Å². The fourth-order valence-electron chi connectivity index (χ4n) is 13.2. The maximum absolute atomic E-state index is 14.1. The van der Waals surface area contributed by atoms with E-state index in [9.17, 15) is 24.6 Å². The van der Waals surface area contributed by atoms with Crippen LogP contribution in [0.3, 0.4) is 0 Å². The number of alkyl carbamates (subject to hydrolysis) is 1. The normalized spacial score (nSPS) is 46.2. The third kappa shape index (κ3) is 5.35. The minimum absolute atomic E-state index is 0.0285. The van der Waals surface area contributed by atoms with Gasteiger partial charge in [0.05, 0.1) is 23.4 Å². The van der Waals surface area contributed by atoms with Gasteiger partial charge in [0, 0.05) is 23.7 Å². The second kappa shape index (κ2) is 11.1. The lowest BCUT2D eigenvalue weighted by Gasteiger charge is -2.64. The predicted molar refractivity (Wildman–Crippen MR) is 185 cm³/mol. The highest BCUT2D eigenvalue weighted by atomic mass is 16.6. The maximum Gasteiger partial charge on any atom is 0.408 e. The Hall–Kier alpha value is -1.71. The van der Waals surface area contributed by atoms with E-state index in [1.807, 2.05) is 27.7 Å². The Morgan fingerprint density at radius 3 is 2.16 bits per heavy atom. The molecule has 2 spiro atoms. The molecule has 1 heterocycles. The summed E-state index contributed by atoms with van der Waals surface area (Å²) in [4.78, 5) is 40.6. The first-order valence-corrected chi connectivity index (χ1v) is 19.1. The topological polar surface area (TPSA) is 131 Å². The van der Waals surface area contributed by atoms with Crippen molar-refractivity contribution >= 4 is 17.8 Å². The van der Waals surface area contributed by atoms with Crippen LogP contribution in [0.4, 0.5) is 4.79 Å². The van der Waals surface area contributed by atoms with Gasteiger partial charge in [0.25, 0.3) is 0 Å². The number of aliphatic hydroxyl groups excluding tert-OH is 1. The molecule has 278 valence electrons. The molecule has 3 N–H and O–H groups in total. The molecule has 0 aromatic rings. The van der Waals surface area contributed by atoms with E-state index < -0.39 is 52.5 Å². The van der Waals surface area contributed by atoms with E-state index in [1.54, 1.807) is 34.6 Å². The molecule has 1 saturated heterocycles. The van der Waals surface area contributed by atoms with E-state index >= 15 is 0 Å². The molecule has 6 fully saturated rings. The number of hydrogen-bond donors (Lipinski definition) is 3. The largest absolute Gasteiger partial charge is 0.460 e. The Balaban J connectivity index is 1.35. The summed E-state index contributed by atoms with van der Waals surface area (Å²) in [5.74, 6) is -0.527. The minimum atomic E-state index is -0.963. The number of aliphatic hydroxyl groups is 2. The van der Waals surface area contributed by atoms with Crippen molar-refractivity contribution in [3.05, 3.63) is 0 Å². The van der Waals surface area contributed by atoms with E-state index in [0.717, 1.165) is 38.5 Å². The summed E-state index contributed by atoms with van der Waals surface area (Å²) in [6, 6.07) is -0.896. The molecule has 49 heavy (non-hydrogen) atoms. The van der Waals surface area contributed by atoms with Crippen molar-refractivity contribution in [1.82, 2.24) is 5.32 Å². The molecule has 1 aliphatic heterocycles. The fraction of sp³-hybridized carbons (Fsp3) is 0.925. The molecule has 6 aliphatic rings. The lowest BCUT2D eigenvalue weighted by molar-refractivity contribution is -0.211. The highest BCUT2D eigenvalue weighted by Crippen LogP contribution is 2.89. The molecule has 0 aromatic carbocycles. The molecule has 0 radical (unpaired) electrons. The van der Waals surface area contributed by atoms with Crippen molar-refractivity contribution in [3.8, 4) is 0 Å². The van der Waals surface area contributed by atoms with Crippen LogP contribution in [-0.2, 0) is 23.8 Å². The summed E-state index contributed by atoms with van der Waals surface area (Å²) in [6.45, 7) is 23.7. The van der Waals surface area contributed by atoms with Gasteiger partial charge in [-0.15, -0.1) is 0 Å². The number of ether oxygens (including phenoxy) is 3. The van der Waals surface area contributed by atoms with Crippen LogP contribution in [0.5, 0.6) is 0 Å². The van der Waals surface area contributed by atoms with Gasteiger partial charge in [-0.3, -0.25) is 4.79 Å². The Bertz CT molecular complexity index is 1380. The van der Waals surface area contributed by atoms with Crippen molar-refractivity contribution < 1.29 is 38.8 Å². The lowest BCUT2D eigenvalue weighted by atomic mass is 9.41. The number of carbonyl (C=O) groups is 3. The molecule has 1 amide bonds. The Morgan fingerprint density at radius 2 is 1.59 bits per heavy atom. The zero-order valence-electron chi connectivity index (χ0n) is 32.3. The van der Waals surface area contributed by atoms with Gasteiger partial charge in [-0.25, -0.2) is 9.59 Å². The van der Waals surface area contributed by atoms with Gasteiger partial charge < -0.3 is 29.7 Å². The number of carbonyl (C=O) groups excluding carboxylic acids is 3. The molecule has 4 unspecified atom stereocenters. The quantitative estimate of drug-likeness (QED) is 0.262. The number of ketones is 1. The summed E-state index contributed by atoms with van der Waals surface area (Å²) in [6.07, 6.45) is 5.16.